The van der Waals surface area contributed by atoms with Gasteiger partial charge in [-0.1, -0.05) is 35.3 Å². The molecule has 1 saturated heterocycles. The Labute approximate surface area is 256 Å². The number of hydrogen-bond donors (Lipinski definition) is 1. The summed E-state index contributed by atoms with van der Waals surface area (Å²) in [6.45, 7) is 3.78. The molecule has 0 spiro atoms. The molecular weight excluding hydrogens is 583 g/mol. The number of halogens is 3. The first-order valence-electron chi connectivity index (χ1n) is 13.5. The predicted octanol–water partition coefficient (Wildman–Crippen LogP) is 6.36. The van der Waals surface area contributed by atoms with Crippen LogP contribution in [-0.2, 0) is 4.79 Å². The molecule has 5 rings (SSSR count). The van der Waals surface area contributed by atoms with Crippen molar-refractivity contribution in [1.29, 1.82) is 0 Å². The van der Waals surface area contributed by atoms with Crippen LogP contribution in [0.2, 0.25) is 10.0 Å². The number of carbonyl (C=O) groups excluding carboxylic acids is 3. The summed E-state index contributed by atoms with van der Waals surface area (Å²) < 4.78 is 0. The number of hydrogen-bond acceptors (Lipinski definition) is 4. The second-order valence-corrected chi connectivity index (χ2v) is 11.2. The van der Waals surface area contributed by atoms with E-state index in [2.05, 4.69) is 17.3 Å². The topological polar surface area (TPSA) is 73.0 Å². The van der Waals surface area contributed by atoms with Gasteiger partial charge in [-0.05, 0) is 86.0 Å². The van der Waals surface area contributed by atoms with Crippen molar-refractivity contribution in [1.82, 2.24) is 9.80 Å². The number of fused-ring (bicyclic) bond motifs is 1. The Balaban J connectivity index is 0.00000387. The van der Waals surface area contributed by atoms with E-state index in [1.807, 2.05) is 17.0 Å². The number of nitrogens with one attached hydrogen (secondary N) is 1. The Morgan fingerprint density at radius 2 is 1.61 bits per heavy atom. The van der Waals surface area contributed by atoms with Crippen LogP contribution in [0.25, 0.3) is 0 Å². The number of piperazine rings is 1. The fourth-order valence-electron chi connectivity index (χ4n) is 5.38. The highest BCUT2D eigenvalue weighted by Gasteiger charge is 2.30. The minimum absolute atomic E-state index is 0. The first kappa shape index (κ1) is 30.8. The van der Waals surface area contributed by atoms with Crippen LogP contribution in [0.3, 0.4) is 0 Å². The zero-order chi connectivity index (χ0) is 28.2. The van der Waals surface area contributed by atoms with Crippen LogP contribution >= 0.6 is 35.6 Å². The molecule has 7 nitrogen and oxygen atoms in total. The largest absolute Gasteiger partial charge is 0.340 e. The standard InChI is InChI=1S/C31H32Cl2N4O3.ClH/c1-35-15-17-36(18-16-35)29(38)19-22-5-4-14-37(28-13-10-23(32)20-26(22)28)31(40)21-8-11-24(12-9-21)34-30(39)25-6-2-3-7-27(25)33;/h2-3,6-13,20,22H,4-5,14-19H2,1H3,(H,34,39);1H. The molecular formula is C31H33Cl3N4O3. The molecule has 1 unspecified atom stereocenters. The second kappa shape index (κ2) is 13.7. The van der Waals surface area contributed by atoms with Gasteiger partial charge >= 0.3 is 0 Å². The van der Waals surface area contributed by atoms with E-state index in [1.165, 1.54) is 0 Å². The zero-order valence-electron chi connectivity index (χ0n) is 22.8. The van der Waals surface area contributed by atoms with Crippen molar-refractivity contribution in [2.45, 2.75) is 25.2 Å². The third-order valence-corrected chi connectivity index (χ3v) is 8.25. The van der Waals surface area contributed by atoms with E-state index in [0.717, 1.165) is 50.3 Å². The van der Waals surface area contributed by atoms with E-state index in [1.54, 1.807) is 59.5 Å². The maximum absolute atomic E-state index is 13.7. The lowest BCUT2D eigenvalue weighted by Crippen LogP contribution is -2.47. The highest BCUT2D eigenvalue weighted by atomic mass is 35.5. The van der Waals surface area contributed by atoms with Gasteiger partial charge in [0.25, 0.3) is 11.8 Å². The van der Waals surface area contributed by atoms with Crippen molar-refractivity contribution in [3.63, 3.8) is 0 Å². The quantitative estimate of drug-likeness (QED) is 0.363. The molecule has 1 atom stereocenters. The van der Waals surface area contributed by atoms with Gasteiger partial charge in [-0.25, -0.2) is 0 Å². The summed E-state index contributed by atoms with van der Waals surface area (Å²) in [6, 6.07) is 19.2. The van der Waals surface area contributed by atoms with Crippen LogP contribution < -0.4 is 10.2 Å². The average Bonchev–Trinajstić information content (AvgIpc) is 3.12. The predicted molar refractivity (Wildman–Crippen MR) is 167 cm³/mol. The van der Waals surface area contributed by atoms with Crippen LogP contribution in [0, 0.1) is 0 Å². The maximum Gasteiger partial charge on any atom is 0.258 e. The summed E-state index contributed by atoms with van der Waals surface area (Å²) in [5.74, 6) is -0.321. The van der Waals surface area contributed by atoms with Gasteiger partial charge in [-0.15, -0.1) is 12.4 Å². The Bertz CT molecular complexity index is 1410. The smallest absolute Gasteiger partial charge is 0.258 e. The first-order valence-corrected chi connectivity index (χ1v) is 14.3. The van der Waals surface area contributed by atoms with Gasteiger partial charge in [0.1, 0.15) is 0 Å². The van der Waals surface area contributed by atoms with E-state index in [4.69, 9.17) is 23.2 Å². The Morgan fingerprint density at radius 3 is 2.32 bits per heavy atom. The molecule has 0 aromatic heterocycles. The molecule has 3 amide bonds. The number of rotatable bonds is 5. The molecule has 0 saturated carbocycles. The summed E-state index contributed by atoms with van der Waals surface area (Å²) in [6.07, 6.45) is 1.97. The van der Waals surface area contributed by atoms with Crippen molar-refractivity contribution in [3.8, 4) is 0 Å². The van der Waals surface area contributed by atoms with E-state index in [-0.39, 0.29) is 36.0 Å². The van der Waals surface area contributed by atoms with Gasteiger partial charge < -0.3 is 20.0 Å². The number of benzene rings is 3. The van der Waals surface area contributed by atoms with E-state index < -0.39 is 0 Å². The van der Waals surface area contributed by atoms with Crippen molar-refractivity contribution < 1.29 is 14.4 Å². The highest BCUT2D eigenvalue weighted by Crippen LogP contribution is 2.39. The third-order valence-electron chi connectivity index (χ3n) is 7.68. The number of carbonyl (C=O) groups is 3. The molecule has 1 N–H and O–H groups in total. The fraction of sp³-hybridized carbons (Fsp3) is 0.323. The Kier molecular flexibility index (Phi) is 10.3. The van der Waals surface area contributed by atoms with Crippen LogP contribution in [0.1, 0.15) is 51.5 Å². The van der Waals surface area contributed by atoms with E-state index >= 15 is 0 Å². The van der Waals surface area contributed by atoms with Gasteiger partial charge in [-0.2, -0.15) is 0 Å². The SMILES string of the molecule is CN1CCN(C(=O)CC2CCCN(C(=O)c3ccc(NC(=O)c4ccccc4Cl)cc3)c3ccc(Cl)cc32)CC1.Cl. The Morgan fingerprint density at radius 1 is 0.902 bits per heavy atom. The van der Waals surface area contributed by atoms with Crippen molar-refractivity contribution >= 4 is 64.7 Å². The summed E-state index contributed by atoms with van der Waals surface area (Å²) in [7, 11) is 2.07. The van der Waals surface area contributed by atoms with Gasteiger partial charge in [-0.3, -0.25) is 14.4 Å². The molecule has 2 heterocycles. The first-order chi connectivity index (χ1) is 19.3. The van der Waals surface area contributed by atoms with Gasteiger partial charge in [0.05, 0.1) is 10.6 Å². The van der Waals surface area contributed by atoms with Gasteiger partial charge in [0, 0.05) is 61.1 Å². The van der Waals surface area contributed by atoms with Crippen molar-refractivity contribution in [3.05, 3.63) is 93.5 Å². The van der Waals surface area contributed by atoms with E-state index in [9.17, 15) is 14.4 Å². The molecule has 3 aromatic carbocycles. The monoisotopic (exact) mass is 614 g/mol. The molecule has 10 heteroatoms. The lowest BCUT2D eigenvalue weighted by molar-refractivity contribution is -0.133. The van der Waals surface area contributed by atoms with E-state index in [0.29, 0.717) is 39.8 Å². The lowest BCUT2D eigenvalue weighted by Gasteiger charge is -2.33. The molecule has 0 radical (unpaired) electrons. The van der Waals surface area contributed by atoms with Crippen LogP contribution in [-0.4, -0.2) is 67.3 Å². The summed E-state index contributed by atoms with van der Waals surface area (Å²) in [5.41, 5.74) is 3.17. The number of amides is 3. The average molecular weight is 616 g/mol. The Hall–Kier alpha value is -3.10. The van der Waals surface area contributed by atoms with Crippen molar-refractivity contribution in [2.75, 3.05) is 50.0 Å². The fourth-order valence-corrected chi connectivity index (χ4v) is 5.79. The lowest BCUT2D eigenvalue weighted by atomic mass is 9.90. The zero-order valence-corrected chi connectivity index (χ0v) is 25.1. The molecule has 0 aliphatic carbocycles. The van der Waals surface area contributed by atoms with Gasteiger partial charge in [0.2, 0.25) is 5.91 Å². The molecule has 0 bridgehead atoms. The summed E-state index contributed by atoms with van der Waals surface area (Å²) in [4.78, 5) is 45.5. The minimum atomic E-state index is -0.319. The third kappa shape index (κ3) is 7.22. The number of likely N-dealkylation sites (N-methyl/N-ethyl adjacent to an activating group) is 1. The molecule has 3 aromatic rings. The summed E-state index contributed by atoms with van der Waals surface area (Å²) >= 11 is 12.5. The summed E-state index contributed by atoms with van der Waals surface area (Å²) in [5, 5.41) is 3.79. The van der Waals surface area contributed by atoms with Gasteiger partial charge in [0.15, 0.2) is 0 Å². The molecule has 216 valence electrons. The molecule has 2 aliphatic rings. The number of anilines is 2. The van der Waals surface area contributed by atoms with Crippen molar-refractivity contribution in [2.24, 2.45) is 0 Å². The molecule has 2 aliphatic heterocycles. The van der Waals surface area contributed by atoms with Crippen LogP contribution in [0.15, 0.2) is 66.7 Å². The highest BCUT2D eigenvalue weighted by molar-refractivity contribution is 6.34. The number of nitrogens with zero attached hydrogens (tertiary/aromatic N) is 3. The molecule has 41 heavy (non-hydrogen) atoms. The maximum atomic E-state index is 13.7. The normalized spacial score (nSPS) is 17.2. The second-order valence-electron chi connectivity index (χ2n) is 10.4. The van der Waals surface area contributed by atoms with Crippen LogP contribution in [0.4, 0.5) is 11.4 Å². The minimum Gasteiger partial charge on any atom is -0.340 e. The van der Waals surface area contributed by atoms with Crippen LogP contribution in [0.5, 0.6) is 0 Å². The molecule has 1 fully saturated rings.